The molecule has 0 aliphatic heterocycles. The van der Waals surface area contributed by atoms with Crippen LogP contribution in [0.5, 0.6) is 0 Å². The molecule has 0 N–H and O–H groups in total. The van der Waals surface area contributed by atoms with Crippen molar-refractivity contribution < 1.29 is 9.18 Å². The maximum absolute atomic E-state index is 12.9. The number of hydrogen-bond donors (Lipinski definition) is 0. The number of benzene rings is 2. The number of carbonyl (C=O) groups excluding carboxylic acids is 1. The SMILES string of the molecule is CC(=O)C(Cc1ccc(F)cc1)Cc1cccc(C)c1. The van der Waals surface area contributed by atoms with E-state index in [0.717, 1.165) is 12.0 Å². The van der Waals surface area contributed by atoms with Gasteiger partial charge in [0.05, 0.1) is 0 Å². The van der Waals surface area contributed by atoms with E-state index in [0.29, 0.717) is 6.42 Å². The van der Waals surface area contributed by atoms with Gasteiger partial charge in [-0.1, -0.05) is 42.0 Å². The predicted octanol–water partition coefficient (Wildman–Crippen LogP) is 4.12. The van der Waals surface area contributed by atoms with E-state index < -0.39 is 0 Å². The number of halogens is 1. The van der Waals surface area contributed by atoms with Gasteiger partial charge < -0.3 is 0 Å². The van der Waals surface area contributed by atoms with Gasteiger partial charge in [-0.2, -0.15) is 0 Å². The highest BCUT2D eigenvalue weighted by molar-refractivity contribution is 5.79. The fourth-order valence-corrected chi connectivity index (χ4v) is 2.39. The second-order valence-corrected chi connectivity index (χ2v) is 5.33. The normalized spacial score (nSPS) is 12.2. The van der Waals surface area contributed by atoms with Gasteiger partial charge in [0.1, 0.15) is 11.6 Å². The zero-order valence-corrected chi connectivity index (χ0v) is 11.9. The fraction of sp³-hybridized carbons (Fsp3) is 0.278. The first kappa shape index (κ1) is 14.4. The lowest BCUT2D eigenvalue weighted by atomic mass is 9.89. The highest BCUT2D eigenvalue weighted by Crippen LogP contribution is 2.17. The zero-order chi connectivity index (χ0) is 14.5. The maximum atomic E-state index is 12.9. The predicted molar refractivity (Wildman–Crippen MR) is 79.2 cm³/mol. The average Bonchev–Trinajstić information content (AvgIpc) is 2.40. The van der Waals surface area contributed by atoms with Crippen LogP contribution in [0.4, 0.5) is 4.39 Å². The zero-order valence-electron chi connectivity index (χ0n) is 11.9. The molecule has 0 amide bonds. The van der Waals surface area contributed by atoms with Crippen molar-refractivity contribution in [2.24, 2.45) is 5.92 Å². The lowest BCUT2D eigenvalue weighted by molar-refractivity contribution is -0.120. The van der Waals surface area contributed by atoms with Crippen molar-refractivity contribution in [2.45, 2.75) is 26.7 Å². The lowest BCUT2D eigenvalue weighted by Crippen LogP contribution is -2.17. The maximum Gasteiger partial charge on any atom is 0.133 e. The Bertz CT molecular complexity index is 587. The lowest BCUT2D eigenvalue weighted by Gasteiger charge is -2.14. The molecule has 0 aliphatic carbocycles. The Labute approximate surface area is 119 Å². The second kappa shape index (κ2) is 6.47. The third-order valence-corrected chi connectivity index (χ3v) is 3.53. The van der Waals surface area contributed by atoms with Gasteiger partial charge in [0, 0.05) is 5.92 Å². The summed E-state index contributed by atoms with van der Waals surface area (Å²) in [6.45, 7) is 3.68. The summed E-state index contributed by atoms with van der Waals surface area (Å²) in [6, 6.07) is 14.6. The molecule has 20 heavy (non-hydrogen) atoms. The van der Waals surface area contributed by atoms with Gasteiger partial charge >= 0.3 is 0 Å². The summed E-state index contributed by atoms with van der Waals surface area (Å²) in [5.41, 5.74) is 3.37. The van der Waals surface area contributed by atoms with Crippen LogP contribution in [0.1, 0.15) is 23.6 Å². The highest BCUT2D eigenvalue weighted by Gasteiger charge is 2.15. The summed E-state index contributed by atoms with van der Waals surface area (Å²) < 4.78 is 12.9. The molecule has 0 spiro atoms. The van der Waals surface area contributed by atoms with E-state index in [-0.39, 0.29) is 17.5 Å². The summed E-state index contributed by atoms with van der Waals surface area (Å²) in [6.07, 6.45) is 1.39. The van der Waals surface area contributed by atoms with Crippen LogP contribution in [-0.4, -0.2) is 5.78 Å². The van der Waals surface area contributed by atoms with E-state index in [4.69, 9.17) is 0 Å². The summed E-state index contributed by atoms with van der Waals surface area (Å²) in [5.74, 6) is -0.120. The minimum Gasteiger partial charge on any atom is -0.300 e. The third kappa shape index (κ3) is 4.02. The van der Waals surface area contributed by atoms with E-state index in [1.165, 1.54) is 23.3 Å². The standard InChI is InChI=1S/C18H19FO/c1-13-4-3-5-16(10-13)12-17(14(2)20)11-15-6-8-18(19)9-7-15/h3-10,17H,11-12H2,1-2H3. The van der Waals surface area contributed by atoms with Crippen molar-refractivity contribution >= 4 is 5.78 Å². The molecule has 104 valence electrons. The van der Waals surface area contributed by atoms with Crippen LogP contribution in [0.2, 0.25) is 0 Å². The summed E-state index contributed by atoms with van der Waals surface area (Å²) in [5, 5.41) is 0. The summed E-state index contributed by atoms with van der Waals surface area (Å²) >= 11 is 0. The Kier molecular flexibility index (Phi) is 4.67. The minimum atomic E-state index is -0.244. The molecule has 2 rings (SSSR count). The van der Waals surface area contributed by atoms with Gasteiger partial charge in [-0.05, 0) is 49.9 Å². The van der Waals surface area contributed by atoms with Gasteiger partial charge in [-0.25, -0.2) is 4.39 Å². The highest BCUT2D eigenvalue weighted by atomic mass is 19.1. The van der Waals surface area contributed by atoms with Crippen molar-refractivity contribution in [1.29, 1.82) is 0 Å². The number of Topliss-reactive ketones (excluding diaryl/α,β-unsaturated/α-hetero) is 1. The molecular formula is C18H19FO. The number of ketones is 1. The van der Waals surface area contributed by atoms with Crippen LogP contribution >= 0.6 is 0 Å². The molecule has 0 radical (unpaired) electrons. The Morgan fingerprint density at radius 3 is 2.30 bits per heavy atom. The van der Waals surface area contributed by atoms with Crippen molar-refractivity contribution in [3.63, 3.8) is 0 Å². The van der Waals surface area contributed by atoms with Crippen molar-refractivity contribution in [3.05, 3.63) is 71.0 Å². The van der Waals surface area contributed by atoms with Crippen LogP contribution in [0.15, 0.2) is 48.5 Å². The van der Waals surface area contributed by atoms with Gasteiger partial charge in [0.15, 0.2) is 0 Å². The molecule has 0 fully saturated rings. The van der Waals surface area contributed by atoms with Gasteiger partial charge in [-0.3, -0.25) is 4.79 Å². The van der Waals surface area contributed by atoms with Gasteiger partial charge in [-0.15, -0.1) is 0 Å². The quantitative estimate of drug-likeness (QED) is 0.798. The van der Waals surface area contributed by atoms with Crippen LogP contribution in [0, 0.1) is 18.7 Å². The first-order valence-electron chi connectivity index (χ1n) is 6.85. The summed E-state index contributed by atoms with van der Waals surface area (Å²) in [4.78, 5) is 11.8. The Morgan fingerprint density at radius 2 is 1.70 bits per heavy atom. The molecule has 1 nitrogen and oxygen atoms in total. The largest absolute Gasteiger partial charge is 0.300 e. The van der Waals surface area contributed by atoms with E-state index >= 15 is 0 Å². The van der Waals surface area contributed by atoms with E-state index in [2.05, 4.69) is 6.07 Å². The molecule has 0 bridgehead atoms. The molecular weight excluding hydrogens is 251 g/mol. The van der Waals surface area contributed by atoms with E-state index in [9.17, 15) is 9.18 Å². The molecule has 0 aromatic heterocycles. The van der Waals surface area contributed by atoms with Crippen LogP contribution in [0.3, 0.4) is 0 Å². The van der Waals surface area contributed by atoms with Gasteiger partial charge in [0.2, 0.25) is 0 Å². The molecule has 2 aromatic carbocycles. The van der Waals surface area contributed by atoms with Crippen molar-refractivity contribution in [2.75, 3.05) is 0 Å². The summed E-state index contributed by atoms with van der Waals surface area (Å²) in [7, 11) is 0. The number of rotatable bonds is 5. The molecule has 0 saturated carbocycles. The van der Waals surface area contributed by atoms with Crippen LogP contribution < -0.4 is 0 Å². The molecule has 2 aromatic rings. The van der Waals surface area contributed by atoms with E-state index in [1.807, 2.05) is 25.1 Å². The average molecular weight is 270 g/mol. The molecule has 1 unspecified atom stereocenters. The molecule has 0 heterocycles. The minimum absolute atomic E-state index is 0.0535. The molecule has 2 heteroatoms. The van der Waals surface area contributed by atoms with E-state index in [1.54, 1.807) is 19.1 Å². The fourth-order valence-electron chi connectivity index (χ4n) is 2.39. The number of hydrogen-bond acceptors (Lipinski definition) is 1. The third-order valence-electron chi connectivity index (χ3n) is 3.53. The van der Waals surface area contributed by atoms with Crippen molar-refractivity contribution in [1.82, 2.24) is 0 Å². The Hall–Kier alpha value is -1.96. The van der Waals surface area contributed by atoms with Crippen LogP contribution in [0.25, 0.3) is 0 Å². The van der Waals surface area contributed by atoms with Crippen molar-refractivity contribution in [3.8, 4) is 0 Å². The molecule has 0 saturated heterocycles. The Balaban J connectivity index is 2.11. The smallest absolute Gasteiger partial charge is 0.133 e. The monoisotopic (exact) mass is 270 g/mol. The number of aryl methyl sites for hydroxylation is 1. The topological polar surface area (TPSA) is 17.1 Å². The molecule has 1 atom stereocenters. The van der Waals surface area contributed by atoms with Crippen LogP contribution in [-0.2, 0) is 17.6 Å². The Morgan fingerprint density at radius 1 is 1.05 bits per heavy atom. The first-order chi connectivity index (χ1) is 9.54. The first-order valence-corrected chi connectivity index (χ1v) is 6.85. The molecule has 0 aliphatic rings. The number of carbonyl (C=O) groups is 1. The second-order valence-electron chi connectivity index (χ2n) is 5.33. The van der Waals surface area contributed by atoms with Gasteiger partial charge in [0.25, 0.3) is 0 Å².